The highest BCUT2D eigenvalue weighted by atomic mass is 16.2. The van der Waals surface area contributed by atoms with Gasteiger partial charge < -0.3 is 20.4 Å². The van der Waals surface area contributed by atoms with Gasteiger partial charge in [-0.3, -0.25) is 14.4 Å². The topological polar surface area (TPSA) is 81.8 Å². The van der Waals surface area contributed by atoms with E-state index in [1.165, 1.54) is 0 Å². The molecule has 1 spiro atoms. The number of nitrogens with one attached hydrogen (secondary N) is 2. The molecule has 0 saturated carbocycles. The van der Waals surface area contributed by atoms with Crippen LogP contribution in [0.1, 0.15) is 68.3 Å². The van der Waals surface area contributed by atoms with Crippen LogP contribution < -0.4 is 10.6 Å². The van der Waals surface area contributed by atoms with E-state index in [-0.39, 0.29) is 23.8 Å². The molecule has 1 aromatic carbocycles. The Morgan fingerprint density at radius 1 is 1.17 bits per heavy atom. The third-order valence-electron chi connectivity index (χ3n) is 6.92. The summed E-state index contributed by atoms with van der Waals surface area (Å²) in [6, 6.07) is 5.47. The number of amides is 3. The number of likely N-dealkylation sites (tertiary alicyclic amines) is 2. The van der Waals surface area contributed by atoms with E-state index in [0.29, 0.717) is 31.4 Å². The molecule has 3 aliphatic rings. The van der Waals surface area contributed by atoms with Crippen LogP contribution in [0.4, 0.5) is 5.69 Å². The van der Waals surface area contributed by atoms with Crippen molar-refractivity contribution in [2.24, 2.45) is 0 Å². The molecule has 0 aromatic heterocycles. The molecule has 7 nitrogen and oxygen atoms in total. The molecule has 30 heavy (non-hydrogen) atoms. The number of rotatable bonds is 2. The summed E-state index contributed by atoms with van der Waals surface area (Å²) in [5, 5.41) is 6.60. The highest BCUT2D eigenvalue weighted by molar-refractivity contribution is 6.02. The molecular formula is C23H32N4O3. The molecule has 3 amide bonds. The van der Waals surface area contributed by atoms with Gasteiger partial charge in [0.05, 0.1) is 5.56 Å². The van der Waals surface area contributed by atoms with Gasteiger partial charge in [0.15, 0.2) is 0 Å². The number of anilines is 1. The van der Waals surface area contributed by atoms with Crippen molar-refractivity contribution in [3.63, 3.8) is 0 Å². The van der Waals surface area contributed by atoms with Crippen LogP contribution in [-0.4, -0.2) is 58.4 Å². The minimum absolute atomic E-state index is 0.0246. The second kappa shape index (κ2) is 7.93. The van der Waals surface area contributed by atoms with E-state index < -0.39 is 11.7 Å². The number of nitrogens with zero attached hydrogens (tertiary/aromatic N) is 2. The van der Waals surface area contributed by atoms with E-state index in [4.69, 9.17) is 0 Å². The van der Waals surface area contributed by atoms with Crippen LogP contribution in [0.2, 0.25) is 0 Å². The van der Waals surface area contributed by atoms with Gasteiger partial charge in [-0.1, -0.05) is 6.07 Å². The molecule has 3 heterocycles. The van der Waals surface area contributed by atoms with Gasteiger partial charge in [-0.25, -0.2) is 0 Å². The molecule has 162 valence electrons. The first-order valence-electron chi connectivity index (χ1n) is 11.1. The van der Waals surface area contributed by atoms with Gasteiger partial charge in [0.2, 0.25) is 11.8 Å². The van der Waals surface area contributed by atoms with Crippen molar-refractivity contribution in [1.82, 2.24) is 15.1 Å². The summed E-state index contributed by atoms with van der Waals surface area (Å²) in [7, 11) is 0. The maximum atomic E-state index is 13.1. The highest BCUT2D eigenvalue weighted by Crippen LogP contribution is 2.33. The maximum absolute atomic E-state index is 13.1. The predicted molar refractivity (Wildman–Crippen MR) is 115 cm³/mol. The Labute approximate surface area is 178 Å². The molecule has 2 N–H and O–H groups in total. The van der Waals surface area contributed by atoms with Gasteiger partial charge in [-0.15, -0.1) is 0 Å². The molecule has 2 fully saturated rings. The van der Waals surface area contributed by atoms with Crippen molar-refractivity contribution in [2.75, 3.05) is 18.4 Å². The van der Waals surface area contributed by atoms with E-state index >= 15 is 0 Å². The van der Waals surface area contributed by atoms with Crippen LogP contribution in [-0.2, 0) is 9.59 Å². The second-order valence-corrected chi connectivity index (χ2v) is 9.10. The summed E-state index contributed by atoms with van der Waals surface area (Å²) < 4.78 is 0. The zero-order valence-electron chi connectivity index (χ0n) is 18.2. The predicted octanol–water partition coefficient (Wildman–Crippen LogP) is 2.65. The summed E-state index contributed by atoms with van der Waals surface area (Å²) in [6.07, 6.45) is 4.55. The smallest absolute Gasteiger partial charge is 0.255 e. The van der Waals surface area contributed by atoms with E-state index in [1.807, 2.05) is 36.9 Å². The van der Waals surface area contributed by atoms with Crippen molar-refractivity contribution in [3.8, 4) is 0 Å². The lowest BCUT2D eigenvalue weighted by atomic mass is 9.94. The van der Waals surface area contributed by atoms with Gasteiger partial charge in [0.25, 0.3) is 5.91 Å². The molecule has 4 rings (SSSR count). The number of carbonyl (C=O) groups excluding carboxylic acids is 3. The van der Waals surface area contributed by atoms with Crippen molar-refractivity contribution in [2.45, 2.75) is 77.0 Å². The fourth-order valence-electron chi connectivity index (χ4n) is 5.02. The van der Waals surface area contributed by atoms with Crippen molar-refractivity contribution in [3.05, 3.63) is 29.3 Å². The molecule has 0 aliphatic carbocycles. The lowest BCUT2D eigenvalue weighted by molar-refractivity contribution is -0.147. The summed E-state index contributed by atoms with van der Waals surface area (Å²) in [4.78, 5) is 42.4. The third-order valence-corrected chi connectivity index (χ3v) is 6.92. The zero-order chi connectivity index (χ0) is 21.5. The molecule has 0 unspecified atom stereocenters. The van der Waals surface area contributed by atoms with Crippen LogP contribution in [0, 0.1) is 6.92 Å². The first-order valence-corrected chi connectivity index (χ1v) is 11.1. The SMILES string of the molecule is Cc1ccc2c(c1)N[C@]1(CCC(=O)N([C@@H](C)C(=O)N3CCCC[C@H]3C)CC1)NC2=O. The van der Waals surface area contributed by atoms with E-state index in [0.717, 1.165) is 37.1 Å². The summed E-state index contributed by atoms with van der Waals surface area (Å²) >= 11 is 0. The van der Waals surface area contributed by atoms with E-state index in [1.54, 1.807) is 4.90 Å². The lowest BCUT2D eigenvalue weighted by Crippen LogP contribution is -2.58. The van der Waals surface area contributed by atoms with Crippen LogP contribution >= 0.6 is 0 Å². The Bertz CT molecular complexity index is 870. The number of hydrogen-bond acceptors (Lipinski definition) is 4. The molecular weight excluding hydrogens is 380 g/mol. The first kappa shape index (κ1) is 20.7. The number of carbonyl (C=O) groups is 3. The highest BCUT2D eigenvalue weighted by Gasteiger charge is 2.42. The average Bonchev–Trinajstić information content (AvgIpc) is 2.86. The minimum Gasteiger partial charge on any atom is -0.362 e. The minimum atomic E-state index is -0.663. The molecule has 2 saturated heterocycles. The number of piperidine rings is 1. The van der Waals surface area contributed by atoms with Gasteiger partial charge in [-0.05, 0) is 64.2 Å². The summed E-state index contributed by atoms with van der Waals surface area (Å²) in [6.45, 7) is 7.12. The third kappa shape index (κ3) is 3.77. The standard InChI is InChI=1S/C23H32N4O3/c1-15-7-8-18-19(14-15)24-23(25-21(18)29)10-9-20(28)27(13-11-23)17(3)22(30)26-12-5-4-6-16(26)2/h7-8,14,16-17,24H,4-6,9-13H2,1-3H3,(H,25,29)/t16-,17+,23-/m1/s1. The van der Waals surface area contributed by atoms with E-state index in [2.05, 4.69) is 17.6 Å². The van der Waals surface area contributed by atoms with Crippen LogP contribution in [0.3, 0.4) is 0 Å². The van der Waals surface area contributed by atoms with E-state index in [9.17, 15) is 14.4 Å². The largest absolute Gasteiger partial charge is 0.362 e. The molecule has 7 heteroatoms. The zero-order valence-corrected chi connectivity index (χ0v) is 18.2. The summed E-state index contributed by atoms with van der Waals surface area (Å²) in [5.41, 5.74) is 1.85. The number of hydrogen-bond donors (Lipinski definition) is 2. The number of aryl methyl sites for hydroxylation is 1. The quantitative estimate of drug-likeness (QED) is 0.782. The van der Waals surface area contributed by atoms with Crippen molar-refractivity contribution >= 4 is 23.4 Å². The van der Waals surface area contributed by atoms with Gasteiger partial charge in [-0.2, -0.15) is 0 Å². The van der Waals surface area contributed by atoms with Gasteiger partial charge >= 0.3 is 0 Å². The number of fused-ring (bicyclic) bond motifs is 1. The average molecular weight is 413 g/mol. The van der Waals surface area contributed by atoms with Crippen LogP contribution in [0.25, 0.3) is 0 Å². The molecule has 1 aromatic rings. The van der Waals surface area contributed by atoms with Crippen LogP contribution in [0.15, 0.2) is 18.2 Å². The Morgan fingerprint density at radius 3 is 2.73 bits per heavy atom. The normalized spacial score (nSPS) is 27.8. The van der Waals surface area contributed by atoms with Crippen LogP contribution in [0.5, 0.6) is 0 Å². The Kier molecular flexibility index (Phi) is 5.47. The second-order valence-electron chi connectivity index (χ2n) is 9.10. The monoisotopic (exact) mass is 412 g/mol. The fraction of sp³-hybridized carbons (Fsp3) is 0.609. The first-order chi connectivity index (χ1) is 14.3. The molecule has 0 radical (unpaired) electrons. The number of benzene rings is 1. The summed E-state index contributed by atoms with van der Waals surface area (Å²) in [5.74, 6) is -0.104. The lowest BCUT2D eigenvalue weighted by Gasteiger charge is -2.40. The maximum Gasteiger partial charge on any atom is 0.255 e. The molecule has 3 aliphatic heterocycles. The Balaban J connectivity index is 1.50. The Hall–Kier alpha value is -2.57. The molecule has 0 bridgehead atoms. The van der Waals surface area contributed by atoms with Crippen molar-refractivity contribution in [1.29, 1.82) is 0 Å². The Morgan fingerprint density at radius 2 is 1.97 bits per heavy atom. The molecule has 3 atom stereocenters. The fourth-order valence-corrected chi connectivity index (χ4v) is 5.02. The van der Waals surface area contributed by atoms with Crippen molar-refractivity contribution < 1.29 is 14.4 Å². The van der Waals surface area contributed by atoms with Gasteiger partial charge in [0.1, 0.15) is 11.7 Å². The van der Waals surface area contributed by atoms with Gasteiger partial charge in [0, 0.05) is 37.7 Å².